The Bertz CT molecular complexity index is 770. The molecule has 2 rings (SSSR count). The smallest absolute Gasteiger partial charge is 0.262 e. The number of carbonyl (C=O) groups is 1. The van der Waals surface area contributed by atoms with Crippen molar-refractivity contribution in [2.24, 2.45) is 0 Å². The standard InChI is InChI=1S/C18H25N3O2S/c1-5-8-13(4)19-16(22)11-24-18-20-15-10-7-6-9-14(15)17(23)21(18)12(2)3/h6-7,9-10,12-13H,5,8,11H2,1-4H3,(H,19,22)/t13-/m1/s1. The molecule has 0 saturated heterocycles. The molecule has 6 heteroatoms. The first kappa shape index (κ1) is 18.5. The third kappa shape index (κ3) is 4.38. The Morgan fingerprint density at radius 2 is 2.00 bits per heavy atom. The van der Waals surface area contributed by atoms with Crippen LogP contribution in [-0.2, 0) is 4.79 Å². The fourth-order valence-electron chi connectivity index (χ4n) is 2.63. The van der Waals surface area contributed by atoms with Gasteiger partial charge < -0.3 is 5.32 Å². The minimum absolute atomic E-state index is 0.0146. The Labute approximate surface area is 146 Å². The van der Waals surface area contributed by atoms with Gasteiger partial charge in [0, 0.05) is 12.1 Å². The lowest BCUT2D eigenvalue weighted by Gasteiger charge is -2.17. The molecule has 0 radical (unpaired) electrons. The van der Waals surface area contributed by atoms with E-state index < -0.39 is 0 Å². The molecule has 0 unspecified atom stereocenters. The summed E-state index contributed by atoms with van der Waals surface area (Å²) in [7, 11) is 0. The summed E-state index contributed by atoms with van der Waals surface area (Å²) in [4.78, 5) is 29.4. The normalized spacial score (nSPS) is 12.5. The summed E-state index contributed by atoms with van der Waals surface area (Å²) in [6, 6.07) is 7.47. The number of hydrogen-bond acceptors (Lipinski definition) is 4. The minimum atomic E-state index is -0.0575. The quantitative estimate of drug-likeness (QED) is 0.616. The maximum Gasteiger partial charge on any atom is 0.262 e. The van der Waals surface area contributed by atoms with E-state index >= 15 is 0 Å². The highest BCUT2D eigenvalue weighted by atomic mass is 32.2. The molecule has 0 aliphatic heterocycles. The molecular weight excluding hydrogens is 322 g/mol. The monoisotopic (exact) mass is 347 g/mol. The van der Waals surface area contributed by atoms with Crippen LogP contribution in [0.4, 0.5) is 0 Å². The van der Waals surface area contributed by atoms with Crippen LogP contribution in [-0.4, -0.2) is 27.3 Å². The lowest BCUT2D eigenvalue weighted by Crippen LogP contribution is -2.34. The minimum Gasteiger partial charge on any atom is -0.353 e. The summed E-state index contributed by atoms with van der Waals surface area (Å²) in [5.41, 5.74) is 0.611. The second-order valence-corrected chi connectivity index (χ2v) is 7.17. The van der Waals surface area contributed by atoms with E-state index in [9.17, 15) is 9.59 Å². The number of thioether (sulfide) groups is 1. The maximum atomic E-state index is 12.7. The van der Waals surface area contributed by atoms with Gasteiger partial charge in [-0.25, -0.2) is 4.98 Å². The van der Waals surface area contributed by atoms with E-state index in [0.29, 0.717) is 16.1 Å². The zero-order valence-electron chi connectivity index (χ0n) is 14.7. The predicted octanol–water partition coefficient (Wildman–Crippen LogP) is 3.37. The van der Waals surface area contributed by atoms with Crippen LogP contribution in [0, 0.1) is 0 Å². The first-order chi connectivity index (χ1) is 11.4. The van der Waals surface area contributed by atoms with Gasteiger partial charge in [0.15, 0.2) is 5.16 Å². The van der Waals surface area contributed by atoms with Gasteiger partial charge in [0.1, 0.15) is 0 Å². The predicted molar refractivity (Wildman–Crippen MR) is 99.6 cm³/mol. The molecule has 24 heavy (non-hydrogen) atoms. The number of hydrogen-bond donors (Lipinski definition) is 1. The second kappa shape index (κ2) is 8.33. The van der Waals surface area contributed by atoms with Crippen molar-refractivity contribution in [3.05, 3.63) is 34.6 Å². The highest BCUT2D eigenvalue weighted by molar-refractivity contribution is 7.99. The van der Waals surface area contributed by atoms with Gasteiger partial charge in [-0.2, -0.15) is 0 Å². The molecule has 0 saturated carbocycles. The van der Waals surface area contributed by atoms with Gasteiger partial charge in [-0.3, -0.25) is 14.2 Å². The van der Waals surface area contributed by atoms with E-state index in [4.69, 9.17) is 0 Å². The Kier molecular flexibility index (Phi) is 6.43. The molecule has 2 aromatic rings. The zero-order valence-corrected chi connectivity index (χ0v) is 15.5. The Morgan fingerprint density at radius 3 is 2.67 bits per heavy atom. The third-order valence-corrected chi connectivity index (χ3v) is 4.71. The van der Waals surface area contributed by atoms with E-state index in [1.54, 1.807) is 10.6 Å². The molecule has 0 aliphatic rings. The first-order valence-corrected chi connectivity index (χ1v) is 9.36. The van der Waals surface area contributed by atoms with Crippen LogP contribution in [0.3, 0.4) is 0 Å². The zero-order chi connectivity index (χ0) is 17.7. The number of benzene rings is 1. The van der Waals surface area contributed by atoms with Crippen LogP contribution in [0.25, 0.3) is 10.9 Å². The van der Waals surface area contributed by atoms with Gasteiger partial charge in [0.2, 0.25) is 5.91 Å². The van der Waals surface area contributed by atoms with E-state index in [1.165, 1.54) is 11.8 Å². The summed E-state index contributed by atoms with van der Waals surface area (Å²) in [5.74, 6) is 0.226. The lowest BCUT2D eigenvalue weighted by atomic mass is 10.2. The van der Waals surface area contributed by atoms with E-state index in [2.05, 4.69) is 17.2 Å². The highest BCUT2D eigenvalue weighted by Gasteiger charge is 2.15. The fraction of sp³-hybridized carbons (Fsp3) is 0.500. The van der Waals surface area contributed by atoms with Crippen LogP contribution in [0.15, 0.2) is 34.2 Å². The summed E-state index contributed by atoms with van der Waals surface area (Å²) in [6.45, 7) is 8.00. The molecule has 0 bridgehead atoms. The average Bonchev–Trinajstić information content (AvgIpc) is 2.52. The van der Waals surface area contributed by atoms with Crippen molar-refractivity contribution >= 4 is 28.6 Å². The molecule has 130 valence electrons. The van der Waals surface area contributed by atoms with Gasteiger partial charge >= 0.3 is 0 Å². The Balaban J connectivity index is 2.23. The van der Waals surface area contributed by atoms with E-state index in [1.807, 2.05) is 39.0 Å². The van der Waals surface area contributed by atoms with Gasteiger partial charge in [0.05, 0.1) is 16.7 Å². The number of rotatable bonds is 7. The fourth-order valence-corrected chi connectivity index (χ4v) is 3.57. The average molecular weight is 347 g/mol. The SMILES string of the molecule is CCC[C@@H](C)NC(=O)CSc1nc2ccccc2c(=O)n1C(C)C. The van der Waals surface area contributed by atoms with Crippen molar-refractivity contribution < 1.29 is 4.79 Å². The lowest BCUT2D eigenvalue weighted by molar-refractivity contribution is -0.119. The highest BCUT2D eigenvalue weighted by Crippen LogP contribution is 2.20. The van der Waals surface area contributed by atoms with Crippen molar-refractivity contribution in [1.29, 1.82) is 0 Å². The molecule has 1 atom stereocenters. The summed E-state index contributed by atoms with van der Waals surface area (Å²) < 4.78 is 1.66. The largest absolute Gasteiger partial charge is 0.353 e. The third-order valence-electron chi connectivity index (χ3n) is 3.75. The number of fused-ring (bicyclic) bond motifs is 1. The number of amides is 1. The van der Waals surface area contributed by atoms with Crippen LogP contribution in [0.2, 0.25) is 0 Å². The van der Waals surface area contributed by atoms with Crippen LogP contribution >= 0.6 is 11.8 Å². The van der Waals surface area contributed by atoms with Crippen molar-refractivity contribution in [2.45, 2.75) is 57.8 Å². The summed E-state index contributed by atoms with van der Waals surface area (Å²) >= 11 is 1.31. The van der Waals surface area contributed by atoms with E-state index in [-0.39, 0.29) is 29.3 Å². The van der Waals surface area contributed by atoms with Crippen molar-refractivity contribution in [1.82, 2.24) is 14.9 Å². The molecule has 1 aromatic heterocycles. The van der Waals surface area contributed by atoms with Gasteiger partial charge in [-0.1, -0.05) is 37.2 Å². The van der Waals surface area contributed by atoms with Gasteiger partial charge in [0.25, 0.3) is 5.56 Å². The molecule has 1 N–H and O–H groups in total. The van der Waals surface area contributed by atoms with Crippen LogP contribution in [0.5, 0.6) is 0 Å². The number of para-hydroxylation sites is 1. The molecule has 5 nitrogen and oxygen atoms in total. The number of aromatic nitrogens is 2. The molecule has 1 aromatic carbocycles. The Morgan fingerprint density at radius 1 is 1.29 bits per heavy atom. The van der Waals surface area contributed by atoms with Crippen LogP contribution < -0.4 is 10.9 Å². The van der Waals surface area contributed by atoms with Crippen molar-refractivity contribution in [2.75, 3.05) is 5.75 Å². The number of nitrogens with one attached hydrogen (secondary N) is 1. The second-order valence-electron chi connectivity index (χ2n) is 6.23. The van der Waals surface area contributed by atoms with E-state index in [0.717, 1.165) is 12.8 Å². The van der Waals surface area contributed by atoms with Crippen molar-refractivity contribution in [3.8, 4) is 0 Å². The molecule has 0 aliphatic carbocycles. The summed E-state index contributed by atoms with van der Waals surface area (Å²) in [5, 5.41) is 4.17. The van der Waals surface area contributed by atoms with Crippen molar-refractivity contribution in [3.63, 3.8) is 0 Å². The molecule has 1 heterocycles. The van der Waals surface area contributed by atoms with Crippen LogP contribution in [0.1, 0.15) is 46.6 Å². The maximum absolute atomic E-state index is 12.7. The first-order valence-electron chi connectivity index (χ1n) is 8.37. The molecular formula is C18H25N3O2S. The molecule has 0 spiro atoms. The number of carbonyl (C=O) groups excluding carboxylic acids is 1. The van der Waals surface area contributed by atoms with Gasteiger partial charge in [-0.05, 0) is 39.3 Å². The topological polar surface area (TPSA) is 64.0 Å². The number of nitrogens with zero attached hydrogens (tertiary/aromatic N) is 2. The van der Waals surface area contributed by atoms with Gasteiger partial charge in [-0.15, -0.1) is 0 Å². The molecule has 1 amide bonds. The Hall–Kier alpha value is -1.82. The summed E-state index contributed by atoms with van der Waals surface area (Å²) in [6.07, 6.45) is 2.00. The molecule has 0 fully saturated rings.